The van der Waals surface area contributed by atoms with Crippen LogP contribution in [0.5, 0.6) is 0 Å². The van der Waals surface area contributed by atoms with Crippen LogP contribution >= 0.6 is 0 Å². The Bertz CT molecular complexity index is 567. The van der Waals surface area contributed by atoms with Crippen molar-refractivity contribution in [2.45, 2.75) is 31.1 Å². The van der Waals surface area contributed by atoms with Gasteiger partial charge in [-0.25, -0.2) is 0 Å². The van der Waals surface area contributed by atoms with Gasteiger partial charge >= 0.3 is 5.97 Å². The molecule has 0 bridgehead atoms. The zero-order valence-electron chi connectivity index (χ0n) is 11.3. The molecular formula is C15H17NO4. The number of primary amides is 1. The lowest BCUT2D eigenvalue weighted by molar-refractivity contribution is -0.141. The number of Topliss-reactive ketones (excluding diaryl/α,β-unsaturated/α-hetero) is 1. The van der Waals surface area contributed by atoms with E-state index in [1.807, 2.05) is 0 Å². The summed E-state index contributed by atoms with van der Waals surface area (Å²) in [4.78, 5) is 35.3. The summed E-state index contributed by atoms with van der Waals surface area (Å²) in [7, 11) is 1.30. The summed E-state index contributed by atoms with van der Waals surface area (Å²) in [5, 5.41) is 0. The van der Waals surface area contributed by atoms with Crippen LogP contribution in [-0.4, -0.2) is 24.8 Å². The maximum atomic E-state index is 12.0. The molecule has 20 heavy (non-hydrogen) atoms. The molecule has 1 aliphatic carbocycles. The van der Waals surface area contributed by atoms with Crippen molar-refractivity contribution in [2.24, 2.45) is 5.73 Å². The van der Waals surface area contributed by atoms with Crippen LogP contribution in [0.4, 0.5) is 0 Å². The maximum absolute atomic E-state index is 12.0. The van der Waals surface area contributed by atoms with Crippen molar-refractivity contribution >= 4 is 17.7 Å². The standard InChI is InChI=1S/C15H17NO4/c1-20-13(18)7-9-15(14(16)19)8-6-12(17)10-4-2-3-5-11(10)15/h2-5H,6-9H2,1H3,(H2,16,19)/t15-/m1/s1. The predicted octanol–water partition coefficient (Wildman–Crippen LogP) is 1.34. The summed E-state index contributed by atoms with van der Waals surface area (Å²) in [6.45, 7) is 0. The van der Waals surface area contributed by atoms with Crippen LogP contribution in [0.2, 0.25) is 0 Å². The fourth-order valence-electron chi connectivity index (χ4n) is 2.80. The zero-order valence-corrected chi connectivity index (χ0v) is 11.3. The summed E-state index contributed by atoms with van der Waals surface area (Å²) in [6.07, 6.45) is 0.970. The zero-order chi connectivity index (χ0) is 14.8. The average Bonchev–Trinajstić information content (AvgIpc) is 2.46. The molecule has 1 aromatic carbocycles. The van der Waals surface area contributed by atoms with Crippen LogP contribution in [0.3, 0.4) is 0 Å². The van der Waals surface area contributed by atoms with E-state index in [4.69, 9.17) is 5.73 Å². The van der Waals surface area contributed by atoms with E-state index >= 15 is 0 Å². The van der Waals surface area contributed by atoms with Crippen LogP contribution < -0.4 is 5.73 Å². The Morgan fingerprint density at radius 3 is 2.70 bits per heavy atom. The summed E-state index contributed by atoms with van der Waals surface area (Å²) in [5.74, 6) is -0.878. The molecule has 2 N–H and O–H groups in total. The first-order valence-corrected chi connectivity index (χ1v) is 6.50. The number of hydrogen-bond donors (Lipinski definition) is 1. The number of benzene rings is 1. The molecule has 0 saturated carbocycles. The molecular weight excluding hydrogens is 258 g/mol. The van der Waals surface area contributed by atoms with E-state index in [-0.39, 0.29) is 31.0 Å². The second-order valence-electron chi connectivity index (χ2n) is 4.99. The van der Waals surface area contributed by atoms with Gasteiger partial charge in [0, 0.05) is 18.4 Å². The fourth-order valence-corrected chi connectivity index (χ4v) is 2.80. The molecule has 2 rings (SSSR count). The summed E-state index contributed by atoms with van der Waals surface area (Å²) >= 11 is 0. The first-order valence-electron chi connectivity index (χ1n) is 6.50. The average molecular weight is 275 g/mol. The molecule has 0 saturated heterocycles. The van der Waals surface area contributed by atoms with Gasteiger partial charge in [0.2, 0.25) is 5.91 Å². The van der Waals surface area contributed by atoms with Crippen molar-refractivity contribution in [3.63, 3.8) is 0 Å². The Labute approximate surface area is 117 Å². The van der Waals surface area contributed by atoms with Gasteiger partial charge in [-0.05, 0) is 18.4 Å². The van der Waals surface area contributed by atoms with Crippen LogP contribution in [0, 0.1) is 0 Å². The highest BCUT2D eigenvalue weighted by molar-refractivity contribution is 6.03. The van der Waals surface area contributed by atoms with E-state index < -0.39 is 11.3 Å². The normalized spacial score (nSPS) is 21.1. The molecule has 0 heterocycles. The predicted molar refractivity (Wildman–Crippen MR) is 72.1 cm³/mol. The molecule has 0 aromatic heterocycles. The van der Waals surface area contributed by atoms with E-state index in [1.54, 1.807) is 24.3 Å². The van der Waals surface area contributed by atoms with E-state index in [1.165, 1.54) is 7.11 Å². The van der Waals surface area contributed by atoms with Gasteiger partial charge < -0.3 is 10.5 Å². The third kappa shape index (κ3) is 2.31. The van der Waals surface area contributed by atoms with Gasteiger partial charge in [-0.3, -0.25) is 14.4 Å². The lowest BCUT2D eigenvalue weighted by Gasteiger charge is -2.35. The van der Waals surface area contributed by atoms with Crippen LogP contribution in [0.1, 0.15) is 41.6 Å². The highest BCUT2D eigenvalue weighted by Gasteiger charge is 2.44. The molecule has 1 atom stereocenters. The molecule has 106 valence electrons. The second kappa shape index (κ2) is 5.45. The number of hydrogen-bond acceptors (Lipinski definition) is 4. The van der Waals surface area contributed by atoms with Crippen molar-refractivity contribution in [3.8, 4) is 0 Å². The van der Waals surface area contributed by atoms with Crippen LogP contribution in [0.25, 0.3) is 0 Å². The Morgan fingerprint density at radius 1 is 1.35 bits per heavy atom. The second-order valence-corrected chi connectivity index (χ2v) is 4.99. The summed E-state index contributed by atoms with van der Waals surface area (Å²) < 4.78 is 4.62. The number of fused-ring (bicyclic) bond motifs is 1. The topological polar surface area (TPSA) is 86.5 Å². The van der Waals surface area contributed by atoms with Crippen molar-refractivity contribution in [1.82, 2.24) is 0 Å². The van der Waals surface area contributed by atoms with Gasteiger partial charge in [0.1, 0.15) is 0 Å². The molecule has 0 aliphatic heterocycles. The van der Waals surface area contributed by atoms with Crippen molar-refractivity contribution in [3.05, 3.63) is 35.4 Å². The molecule has 0 spiro atoms. The summed E-state index contributed by atoms with van der Waals surface area (Å²) in [5.41, 5.74) is 5.79. The van der Waals surface area contributed by atoms with E-state index in [0.29, 0.717) is 17.5 Å². The van der Waals surface area contributed by atoms with Crippen LogP contribution in [-0.2, 0) is 19.7 Å². The highest BCUT2D eigenvalue weighted by atomic mass is 16.5. The minimum absolute atomic E-state index is 0.00976. The number of rotatable bonds is 4. The number of methoxy groups -OCH3 is 1. The third-order valence-corrected chi connectivity index (χ3v) is 3.98. The Morgan fingerprint density at radius 2 is 2.05 bits per heavy atom. The molecule has 1 amide bonds. The molecule has 0 radical (unpaired) electrons. The molecule has 1 aromatic rings. The molecule has 5 nitrogen and oxygen atoms in total. The third-order valence-electron chi connectivity index (χ3n) is 3.98. The van der Waals surface area contributed by atoms with Gasteiger partial charge in [0.25, 0.3) is 0 Å². The van der Waals surface area contributed by atoms with Crippen molar-refractivity contribution in [2.75, 3.05) is 7.11 Å². The van der Waals surface area contributed by atoms with Gasteiger partial charge in [-0.2, -0.15) is 0 Å². The van der Waals surface area contributed by atoms with Crippen LogP contribution in [0.15, 0.2) is 24.3 Å². The summed E-state index contributed by atoms with van der Waals surface area (Å²) in [6, 6.07) is 6.97. The van der Waals surface area contributed by atoms with Gasteiger partial charge in [-0.15, -0.1) is 0 Å². The minimum atomic E-state index is -0.960. The minimum Gasteiger partial charge on any atom is -0.469 e. The highest BCUT2D eigenvalue weighted by Crippen LogP contribution is 2.40. The molecule has 0 unspecified atom stereocenters. The van der Waals surface area contributed by atoms with Gasteiger partial charge in [0.05, 0.1) is 12.5 Å². The van der Waals surface area contributed by atoms with Gasteiger partial charge in [0.15, 0.2) is 5.78 Å². The molecule has 5 heteroatoms. The monoisotopic (exact) mass is 275 g/mol. The molecule has 1 aliphatic rings. The SMILES string of the molecule is COC(=O)CC[C@]1(C(N)=O)CCC(=O)c2ccccc21. The lowest BCUT2D eigenvalue weighted by Crippen LogP contribution is -2.45. The Kier molecular flexibility index (Phi) is 3.88. The smallest absolute Gasteiger partial charge is 0.305 e. The molecule has 0 fully saturated rings. The number of carbonyl (C=O) groups excluding carboxylic acids is 3. The number of esters is 1. The quantitative estimate of drug-likeness (QED) is 0.840. The van der Waals surface area contributed by atoms with Gasteiger partial charge in [-0.1, -0.05) is 24.3 Å². The first-order chi connectivity index (χ1) is 9.51. The first kappa shape index (κ1) is 14.2. The van der Waals surface area contributed by atoms with E-state index in [9.17, 15) is 14.4 Å². The van der Waals surface area contributed by atoms with E-state index in [0.717, 1.165) is 0 Å². The fraction of sp³-hybridized carbons (Fsp3) is 0.400. The Balaban J connectivity index is 2.43. The van der Waals surface area contributed by atoms with Crippen molar-refractivity contribution in [1.29, 1.82) is 0 Å². The number of ketones is 1. The maximum Gasteiger partial charge on any atom is 0.305 e. The lowest BCUT2D eigenvalue weighted by atomic mass is 9.66. The number of nitrogens with two attached hydrogens (primary N) is 1. The Hall–Kier alpha value is -2.17. The van der Waals surface area contributed by atoms with Crippen molar-refractivity contribution < 1.29 is 19.1 Å². The number of amides is 1. The number of carbonyl (C=O) groups is 3. The largest absolute Gasteiger partial charge is 0.469 e. The number of ether oxygens (including phenoxy) is 1. The van der Waals surface area contributed by atoms with E-state index in [2.05, 4.69) is 4.74 Å².